The second-order valence-electron chi connectivity index (χ2n) is 6.21. The van der Waals surface area contributed by atoms with Crippen molar-refractivity contribution in [3.63, 3.8) is 0 Å². The molecular weight excluding hydrogens is 214 g/mol. The molecule has 0 aromatic heterocycles. The van der Waals surface area contributed by atoms with Crippen LogP contribution in [0.1, 0.15) is 19.3 Å². The van der Waals surface area contributed by atoms with Crippen LogP contribution >= 0.6 is 0 Å². The first-order chi connectivity index (χ1) is 7.37. The molecule has 1 rings (SSSR count). The van der Waals surface area contributed by atoms with Gasteiger partial charge in [-0.05, 0) is 44.6 Å². The molecule has 0 fully saturated rings. The Balaban J connectivity index is 2.24. The molecule has 0 saturated carbocycles. The monoisotopic (exact) mass is 239 g/mol. The van der Waals surface area contributed by atoms with E-state index in [4.69, 9.17) is 0 Å². The zero-order chi connectivity index (χ0) is 12.2. The van der Waals surface area contributed by atoms with Gasteiger partial charge in [-0.25, -0.2) is 0 Å². The smallest absolute Gasteiger partial charge is 0.155 e. The lowest BCUT2D eigenvalue weighted by atomic mass is 9.92. The van der Waals surface area contributed by atoms with Crippen LogP contribution in [0.15, 0.2) is 12.2 Å². The van der Waals surface area contributed by atoms with E-state index < -0.39 is 8.07 Å². The topological polar surface area (TPSA) is 20.3 Å². The van der Waals surface area contributed by atoms with E-state index in [-0.39, 0.29) is 0 Å². The normalized spacial score (nSPS) is 21.8. The molecule has 0 aromatic carbocycles. The first kappa shape index (κ1) is 13.7. The fraction of sp³-hybridized carbons (Fsp3) is 0.769. The summed E-state index contributed by atoms with van der Waals surface area (Å²) in [7, 11) is 1.25. The van der Waals surface area contributed by atoms with Crippen LogP contribution in [0, 0.1) is 5.92 Å². The first-order valence-electron chi connectivity index (χ1n) is 6.26. The second-order valence-corrected chi connectivity index (χ2v) is 11.6. The molecule has 0 radical (unpaired) electrons. The molecule has 1 atom stereocenters. The molecule has 0 spiro atoms. The van der Waals surface area contributed by atoms with E-state index in [9.17, 15) is 4.79 Å². The Morgan fingerprint density at radius 2 is 2.12 bits per heavy atom. The zero-order valence-electron chi connectivity index (χ0n) is 11.1. The van der Waals surface area contributed by atoms with Gasteiger partial charge in [-0.1, -0.05) is 25.7 Å². The molecule has 0 heterocycles. The van der Waals surface area contributed by atoms with Gasteiger partial charge in [-0.2, -0.15) is 0 Å². The third-order valence-electron chi connectivity index (χ3n) is 2.94. The largest absolute Gasteiger partial charge is 0.309 e. The van der Waals surface area contributed by atoms with Crippen LogP contribution < -0.4 is 0 Å². The standard InChI is InChI=1S/C13H25NOSi/c1-14(11-16(2,3)4)10-9-12-5-7-13(15)8-6-12/h5,7,12H,6,8-11H2,1-4H3. The number of nitrogens with zero attached hydrogens (tertiary/aromatic N) is 1. The predicted octanol–water partition coefficient (Wildman–Crippen LogP) is 2.72. The van der Waals surface area contributed by atoms with Crippen molar-refractivity contribution < 1.29 is 4.79 Å². The maximum Gasteiger partial charge on any atom is 0.155 e. The fourth-order valence-corrected chi connectivity index (χ4v) is 4.04. The third kappa shape index (κ3) is 5.61. The Morgan fingerprint density at radius 1 is 1.44 bits per heavy atom. The highest BCUT2D eigenvalue weighted by atomic mass is 28.3. The summed E-state index contributed by atoms with van der Waals surface area (Å²) in [5.74, 6) is 0.925. The van der Waals surface area contributed by atoms with Gasteiger partial charge in [0.15, 0.2) is 5.78 Å². The lowest BCUT2D eigenvalue weighted by Gasteiger charge is -2.26. The molecule has 1 aliphatic carbocycles. The molecule has 92 valence electrons. The highest BCUT2D eigenvalue weighted by molar-refractivity contribution is 6.76. The van der Waals surface area contributed by atoms with Crippen molar-refractivity contribution in [1.29, 1.82) is 0 Å². The number of hydrogen-bond acceptors (Lipinski definition) is 2. The number of allylic oxidation sites excluding steroid dienone is 2. The lowest BCUT2D eigenvalue weighted by molar-refractivity contribution is -0.115. The van der Waals surface area contributed by atoms with Gasteiger partial charge in [0.05, 0.1) is 8.07 Å². The molecule has 0 aromatic rings. The van der Waals surface area contributed by atoms with Crippen molar-refractivity contribution in [2.75, 3.05) is 19.8 Å². The summed E-state index contributed by atoms with van der Waals surface area (Å²) in [5, 5.41) is 0. The average Bonchev–Trinajstić information content (AvgIpc) is 2.14. The summed E-state index contributed by atoms with van der Waals surface area (Å²) in [6, 6.07) is 0. The third-order valence-corrected chi connectivity index (χ3v) is 4.43. The average molecular weight is 239 g/mol. The maximum absolute atomic E-state index is 11.0. The molecule has 0 amide bonds. The minimum absolute atomic E-state index is 0.298. The highest BCUT2D eigenvalue weighted by Crippen LogP contribution is 2.18. The lowest BCUT2D eigenvalue weighted by Crippen LogP contribution is -2.38. The van der Waals surface area contributed by atoms with Crippen molar-refractivity contribution in [3.8, 4) is 0 Å². The minimum atomic E-state index is -0.964. The van der Waals surface area contributed by atoms with Crippen LogP contribution in [-0.2, 0) is 4.79 Å². The Morgan fingerprint density at radius 3 is 2.62 bits per heavy atom. The molecule has 0 aliphatic heterocycles. The molecule has 0 N–H and O–H groups in total. The van der Waals surface area contributed by atoms with Crippen LogP contribution in [-0.4, -0.2) is 38.5 Å². The molecule has 0 bridgehead atoms. The van der Waals surface area contributed by atoms with Crippen molar-refractivity contribution >= 4 is 13.9 Å². The number of hydrogen-bond donors (Lipinski definition) is 0. The van der Waals surface area contributed by atoms with E-state index in [0.717, 1.165) is 19.4 Å². The van der Waals surface area contributed by atoms with Gasteiger partial charge in [0.1, 0.15) is 0 Å². The van der Waals surface area contributed by atoms with Gasteiger partial charge in [0, 0.05) is 6.42 Å². The van der Waals surface area contributed by atoms with E-state index >= 15 is 0 Å². The van der Waals surface area contributed by atoms with Gasteiger partial charge in [-0.3, -0.25) is 4.79 Å². The Hall–Kier alpha value is -0.413. The number of carbonyl (C=O) groups is 1. The Bertz CT molecular complexity index is 268. The van der Waals surface area contributed by atoms with Gasteiger partial charge in [0.2, 0.25) is 0 Å². The van der Waals surface area contributed by atoms with Gasteiger partial charge >= 0.3 is 0 Å². The van der Waals surface area contributed by atoms with E-state index in [1.807, 2.05) is 0 Å². The molecule has 3 heteroatoms. The zero-order valence-corrected chi connectivity index (χ0v) is 12.1. The van der Waals surface area contributed by atoms with Gasteiger partial charge in [-0.15, -0.1) is 0 Å². The predicted molar refractivity (Wildman–Crippen MR) is 72.3 cm³/mol. The molecular formula is C13H25NOSi. The summed E-state index contributed by atoms with van der Waals surface area (Å²) in [6.45, 7) is 8.38. The summed E-state index contributed by atoms with van der Waals surface area (Å²) in [4.78, 5) is 13.5. The molecule has 0 saturated heterocycles. The fourth-order valence-electron chi connectivity index (χ4n) is 2.27. The van der Waals surface area contributed by atoms with E-state index in [0.29, 0.717) is 11.7 Å². The number of carbonyl (C=O) groups excluding carboxylic acids is 1. The van der Waals surface area contributed by atoms with E-state index in [1.165, 1.54) is 12.6 Å². The van der Waals surface area contributed by atoms with E-state index in [1.54, 1.807) is 6.08 Å². The van der Waals surface area contributed by atoms with Gasteiger partial charge in [0.25, 0.3) is 0 Å². The quantitative estimate of drug-likeness (QED) is 0.688. The molecule has 1 unspecified atom stereocenters. The second kappa shape index (κ2) is 5.78. The van der Waals surface area contributed by atoms with Crippen LogP contribution in [0.2, 0.25) is 19.6 Å². The maximum atomic E-state index is 11.0. The summed E-state index contributed by atoms with van der Waals surface area (Å²) >= 11 is 0. The van der Waals surface area contributed by atoms with Crippen LogP contribution in [0.25, 0.3) is 0 Å². The SMILES string of the molecule is CN(CCC1C=CC(=O)CC1)C[Si](C)(C)C. The van der Waals surface area contributed by atoms with Crippen LogP contribution in [0.4, 0.5) is 0 Å². The summed E-state index contributed by atoms with van der Waals surface area (Å²) < 4.78 is 0. The Kier molecular flexibility index (Phi) is 4.93. The van der Waals surface area contributed by atoms with Crippen LogP contribution in [0.5, 0.6) is 0 Å². The summed E-state index contributed by atoms with van der Waals surface area (Å²) in [6.07, 6.45) is 8.14. The van der Waals surface area contributed by atoms with Gasteiger partial charge < -0.3 is 4.90 Å². The molecule has 1 aliphatic rings. The van der Waals surface area contributed by atoms with Crippen molar-refractivity contribution in [2.24, 2.45) is 5.92 Å². The minimum Gasteiger partial charge on any atom is -0.309 e. The Labute approximate surface area is 101 Å². The number of ketones is 1. The van der Waals surface area contributed by atoms with Crippen molar-refractivity contribution in [1.82, 2.24) is 4.90 Å². The number of rotatable bonds is 5. The molecule has 2 nitrogen and oxygen atoms in total. The first-order valence-corrected chi connectivity index (χ1v) is 9.97. The van der Waals surface area contributed by atoms with E-state index in [2.05, 4.69) is 37.7 Å². The van der Waals surface area contributed by atoms with Crippen molar-refractivity contribution in [3.05, 3.63) is 12.2 Å². The van der Waals surface area contributed by atoms with Crippen molar-refractivity contribution in [2.45, 2.75) is 38.9 Å². The highest BCUT2D eigenvalue weighted by Gasteiger charge is 2.17. The molecule has 16 heavy (non-hydrogen) atoms. The summed E-state index contributed by atoms with van der Waals surface area (Å²) in [5.41, 5.74) is 0. The van der Waals surface area contributed by atoms with Crippen LogP contribution in [0.3, 0.4) is 0 Å².